The number of alkyl halides is 5. The Balaban J connectivity index is 2.11. The summed E-state index contributed by atoms with van der Waals surface area (Å²) in [7, 11) is 0. The Bertz CT molecular complexity index is 611. The number of hydrogen-bond donors (Lipinski definition) is 0. The third kappa shape index (κ3) is 4.38. The number of halogens is 5. The molecule has 0 saturated carbocycles. The van der Waals surface area contributed by atoms with Gasteiger partial charge in [0, 0.05) is 13.1 Å². The van der Waals surface area contributed by atoms with E-state index in [0.29, 0.717) is 19.3 Å². The predicted octanol–water partition coefficient (Wildman–Crippen LogP) is 2.51. The molecule has 2 saturated heterocycles. The van der Waals surface area contributed by atoms with Gasteiger partial charge in [-0.25, -0.2) is 4.79 Å². The molecule has 0 aromatic rings. The molecule has 0 N–H and O–H groups in total. The zero-order valence-corrected chi connectivity index (χ0v) is 15.4. The lowest BCUT2D eigenvalue weighted by Crippen LogP contribution is -2.57. The first kappa shape index (κ1) is 22.4. The number of carbonyl (C=O) groups excluding carboxylic acids is 3. The third-order valence-electron chi connectivity index (χ3n) is 4.97. The molecule has 2 rings (SSSR count). The molecule has 0 aromatic carbocycles. The Labute approximate surface area is 159 Å². The van der Waals surface area contributed by atoms with Gasteiger partial charge in [0.2, 0.25) is 5.91 Å². The van der Waals surface area contributed by atoms with E-state index in [-0.39, 0.29) is 37.4 Å². The molecule has 11 heteroatoms. The number of ether oxygens (including phenoxy) is 1. The van der Waals surface area contributed by atoms with Crippen molar-refractivity contribution in [3.8, 4) is 0 Å². The van der Waals surface area contributed by atoms with Crippen LogP contribution in [0.1, 0.15) is 45.4 Å². The van der Waals surface area contributed by atoms with E-state index in [0.717, 1.165) is 11.3 Å². The van der Waals surface area contributed by atoms with Crippen molar-refractivity contribution in [1.29, 1.82) is 0 Å². The van der Waals surface area contributed by atoms with Gasteiger partial charge in [-0.15, -0.1) is 0 Å². The number of nitrogens with zero attached hydrogens (tertiary/aromatic N) is 2. The zero-order chi connectivity index (χ0) is 21.1. The molecule has 2 aliphatic heterocycles. The van der Waals surface area contributed by atoms with Crippen LogP contribution in [0.2, 0.25) is 0 Å². The molecule has 0 aromatic heterocycles. The maximum absolute atomic E-state index is 13.5. The lowest BCUT2D eigenvalue weighted by Gasteiger charge is -2.32. The molecule has 160 valence electrons. The Morgan fingerprint density at radius 1 is 0.964 bits per heavy atom. The van der Waals surface area contributed by atoms with Crippen molar-refractivity contribution in [2.24, 2.45) is 0 Å². The summed E-state index contributed by atoms with van der Waals surface area (Å²) < 4.78 is 69.6. The van der Waals surface area contributed by atoms with Crippen LogP contribution >= 0.6 is 0 Å². The van der Waals surface area contributed by atoms with Gasteiger partial charge in [0.05, 0.1) is 6.61 Å². The fourth-order valence-corrected chi connectivity index (χ4v) is 3.45. The first-order valence-electron chi connectivity index (χ1n) is 9.25. The van der Waals surface area contributed by atoms with E-state index >= 15 is 0 Å². The van der Waals surface area contributed by atoms with Gasteiger partial charge < -0.3 is 14.5 Å². The van der Waals surface area contributed by atoms with E-state index in [2.05, 4.69) is 0 Å². The van der Waals surface area contributed by atoms with Crippen molar-refractivity contribution in [3.05, 3.63) is 0 Å². The minimum atomic E-state index is -6.04. The predicted molar refractivity (Wildman–Crippen MR) is 86.3 cm³/mol. The average Bonchev–Trinajstić information content (AvgIpc) is 3.29. The van der Waals surface area contributed by atoms with Gasteiger partial charge in [0.1, 0.15) is 12.1 Å². The fraction of sp³-hybridized carbons (Fsp3) is 0.824. The van der Waals surface area contributed by atoms with Gasteiger partial charge in [-0.3, -0.25) is 9.59 Å². The minimum absolute atomic E-state index is 0.0351. The van der Waals surface area contributed by atoms with Crippen molar-refractivity contribution in [2.75, 3.05) is 19.7 Å². The summed E-state index contributed by atoms with van der Waals surface area (Å²) in [6.45, 7) is 1.86. The molecule has 2 heterocycles. The van der Waals surface area contributed by atoms with E-state index in [4.69, 9.17) is 4.74 Å². The van der Waals surface area contributed by atoms with Crippen molar-refractivity contribution in [3.63, 3.8) is 0 Å². The first-order valence-corrected chi connectivity index (χ1v) is 9.25. The second-order valence-corrected chi connectivity index (χ2v) is 6.94. The van der Waals surface area contributed by atoms with Crippen LogP contribution in [-0.4, -0.2) is 71.5 Å². The maximum Gasteiger partial charge on any atom is 0.463 e. The van der Waals surface area contributed by atoms with E-state index in [1.807, 2.05) is 6.92 Å². The lowest BCUT2D eigenvalue weighted by molar-refractivity contribution is -0.274. The molecule has 2 unspecified atom stereocenters. The molecule has 2 atom stereocenters. The largest absolute Gasteiger partial charge is 0.464 e. The number of esters is 1. The average molecular weight is 414 g/mol. The monoisotopic (exact) mass is 414 g/mol. The SMILES string of the molecule is CCCCOC(=O)C1CCCN1C(=O)C1CCCN1C(=O)C(F)(F)C(F)(F)F. The van der Waals surface area contributed by atoms with Crippen LogP contribution in [0, 0.1) is 0 Å². The van der Waals surface area contributed by atoms with E-state index in [1.165, 1.54) is 0 Å². The molecule has 2 amide bonds. The number of rotatable bonds is 6. The standard InChI is InChI=1S/C17H23F5N2O4/c1-2-3-10-28-14(26)12-7-5-8-23(12)13(25)11-6-4-9-24(11)15(27)16(18,19)17(20,21)22/h11-12H,2-10H2,1H3. The lowest BCUT2D eigenvalue weighted by atomic mass is 10.1. The van der Waals surface area contributed by atoms with Crippen LogP contribution in [0.3, 0.4) is 0 Å². The van der Waals surface area contributed by atoms with E-state index in [9.17, 15) is 36.3 Å². The normalized spacial score (nSPS) is 23.2. The van der Waals surface area contributed by atoms with Gasteiger partial charge in [-0.1, -0.05) is 13.3 Å². The number of likely N-dealkylation sites (tertiary alicyclic amines) is 2. The van der Waals surface area contributed by atoms with Crippen LogP contribution in [-0.2, 0) is 19.1 Å². The molecule has 2 fully saturated rings. The Morgan fingerprint density at radius 3 is 2.11 bits per heavy atom. The molecule has 0 bridgehead atoms. The summed E-state index contributed by atoms with van der Waals surface area (Å²) in [6.07, 6.45) is -3.73. The third-order valence-corrected chi connectivity index (χ3v) is 4.97. The zero-order valence-electron chi connectivity index (χ0n) is 15.4. The topological polar surface area (TPSA) is 66.9 Å². The molecular weight excluding hydrogens is 391 g/mol. The smallest absolute Gasteiger partial charge is 0.463 e. The Morgan fingerprint density at radius 2 is 1.54 bits per heavy atom. The molecule has 28 heavy (non-hydrogen) atoms. The Hall–Kier alpha value is -1.94. The number of unbranched alkanes of at least 4 members (excludes halogenated alkanes) is 1. The van der Waals surface area contributed by atoms with Gasteiger partial charge >= 0.3 is 24.0 Å². The van der Waals surface area contributed by atoms with Crippen LogP contribution in [0.25, 0.3) is 0 Å². The highest BCUT2D eigenvalue weighted by Gasteiger charge is 2.65. The maximum atomic E-state index is 13.5. The van der Waals surface area contributed by atoms with Gasteiger partial charge in [-0.2, -0.15) is 22.0 Å². The molecule has 0 spiro atoms. The van der Waals surface area contributed by atoms with Crippen molar-refractivity contribution >= 4 is 17.8 Å². The summed E-state index contributed by atoms with van der Waals surface area (Å²) in [4.78, 5) is 38.2. The Kier molecular flexibility index (Phi) is 6.87. The number of carbonyl (C=O) groups is 3. The molecule has 0 aliphatic carbocycles. The highest BCUT2D eigenvalue weighted by molar-refractivity contribution is 5.93. The van der Waals surface area contributed by atoms with Gasteiger partial charge in [0.15, 0.2) is 0 Å². The molecule has 0 radical (unpaired) electrons. The number of amides is 2. The summed E-state index contributed by atoms with van der Waals surface area (Å²) >= 11 is 0. The van der Waals surface area contributed by atoms with Crippen LogP contribution in [0.5, 0.6) is 0 Å². The molecular formula is C17H23F5N2O4. The van der Waals surface area contributed by atoms with Gasteiger partial charge in [0.25, 0.3) is 0 Å². The summed E-state index contributed by atoms with van der Waals surface area (Å²) in [5, 5.41) is 0. The van der Waals surface area contributed by atoms with Crippen LogP contribution in [0.15, 0.2) is 0 Å². The second kappa shape index (κ2) is 8.60. The van der Waals surface area contributed by atoms with E-state index in [1.54, 1.807) is 0 Å². The van der Waals surface area contributed by atoms with Gasteiger partial charge in [-0.05, 0) is 32.1 Å². The van der Waals surface area contributed by atoms with Crippen molar-refractivity contribution in [1.82, 2.24) is 9.80 Å². The van der Waals surface area contributed by atoms with Crippen LogP contribution < -0.4 is 0 Å². The van der Waals surface area contributed by atoms with Crippen molar-refractivity contribution in [2.45, 2.75) is 69.6 Å². The summed E-state index contributed by atoms with van der Waals surface area (Å²) in [5.41, 5.74) is 0. The quantitative estimate of drug-likeness (QED) is 0.381. The van der Waals surface area contributed by atoms with E-state index < -0.39 is 42.0 Å². The first-order chi connectivity index (χ1) is 13.0. The second-order valence-electron chi connectivity index (χ2n) is 6.94. The number of hydrogen-bond acceptors (Lipinski definition) is 4. The van der Waals surface area contributed by atoms with Crippen molar-refractivity contribution < 1.29 is 41.1 Å². The molecule has 2 aliphatic rings. The minimum Gasteiger partial charge on any atom is -0.464 e. The highest BCUT2D eigenvalue weighted by Crippen LogP contribution is 2.39. The highest BCUT2D eigenvalue weighted by atomic mass is 19.4. The summed E-state index contributed by atoms with van der Waals surface area (Å²) in [5.74, 6) is -9.43. The molecule has 6 nitrogen and oxygen atoms in total. The fourth-order valence-electron chi connectivity index (χ4n) is 3.45. The summed E-state index contributed by atoms with van der Waals surface area (Å²) in [6, 6.07) is -2.35. The van der Waals surface area contributed by atoms with Crippen LogP contribution in [0.4, 0.5) is 22.0 Å².